The van der Waals surface area contributed by atoms with E-state index in [0.29, 0.717) is 37.2 Å². The van der Waals surface area contributed by atoms with E-state index >= 15 is 0 Å². The van der Waals surface area contributed by atoms with Gasteiger partial charge in [0.25, 0.3) is 0 Å². The van der Waals surface area contributed by atoms with E-state index < -0.39 is 12.2 Å². The van der Waals surface area contributed by atoms with Gasteiger partial charge in [0.05, 0.1) is 17.8 Å². The number of fused-ring (bicyclic) bond motifs is 4. The quantitative estimate of drug-likeness (QED) is 0.184. The number of allylic oxidation sites excluding steroid dienone is 3. The van der Waals surface area contributed by atoms with E-state index in [1.807, 2.05) is 13.0 Å². The zero-order valence-electron chi connectivity index (χ0n) is 29.1. The van der Waals surface area contributed by atoms with Crippen LogP contribution in [-0.2, 0) is 16.6 Å². The van der Waals surface area contributed by atoms with E-state index in [0.717, 1.165) is 42.0 Å². The highest BCUT2D eigenvalue weighted by Gasteiger charge is 2.58. The van der Waals surface area contributed by atoms with E-state index in [9.17, 15) is 20.1 Å². The molecular formula is C41H51N4O5+. The maximum Gasteiger partial charge on any atom is 0.227 e. The molecule has 9 heteroatoms. The van der Waals surface area contributed by atoms with E-state index in [2.05, 4.69) is 35.9 Å². The molecule has 7 N–H and O–H groups in total. The number of aliphatic hydroxyl groups excluding tert-OH is 2. The monoisotopic (exact) mass is 679 g/mol. The number of quaternary nitrogens is 1. The molecule has 0 aromatic heterocycles. The number of aromatic hydroxyl groups is 1. The SMILES string of the molecule is CCC[C@H](O)C[C@@H](O)CC(=O)CCc1ccc(O)c(OC[NH+]2C=C3C([C@@]45CCC[C@H]4[C@@H]4CCCC6=C4c4c(cccc45)[C@H](N)N6)=CN=C3C2)c1. The van der Waals surface area contributed by atoms with Crippen LogP contribution >= 0.6 is 0 Å². The summed E-state index contributed by atoms with van der Waals surface area (Å²) < 4.78 is 6.22. The van der Waals surface area contributed by atoms with Crippen LogP contribution in [0.3, 0.4) is 0 Å². The molecule has 0 spiro atoms. The third-order valence-electron chi connectivity index (χ3n) is 12.3. The lowest BCUT2D eigenvalue weighted by Gasteiger charge is -2.52. The topological polar surface area (TPSA) is 142 Å². The molecule has 0 bridgehead atoms. The first-order valence-electron chi connectivity index (χ1n) is 18.8. The van der Waals surface area contributed by atoms with Crippen molar-refractivity contribution in [2.75, 3.05) is 13.3 Å². The molecular weight excluding hydrogens is 628 g/mol. The van der Waals surface area contributed by atoms with Gasteiger partial charge in [0.1, 0.15) is 30.4 Å². The standard InChI is InChI=1S/C41H50N4O5/c1-2-6-25(46)18-27(48)19-26(47)14-12-24-13-15-36(49)37(17-24)50-23-45-21-30-33(20-43-35(30)22-45)41-16-5-10-31(41)28-7-4-11-34-39(28)38-29(40(42)44-34)8-3-9-32(38)41/h3,8-9,13,15,17,20-21,25,27-28,31,40,44,46,48-49H,2,4-7,10-12,14,16,18-19,22-23,42H2,1H3/p+1/t25-,27+,28-,31-,40+,41-/m0/s1. The molecule has 0 saturated heterocycles. The molecule has 1 saturated carbocycles. The van der Waals surface area contributed by atoms with Crippen molar-refractivity contribution in [2.24, 2.45) is 22.6 Å². The molecule has 3 aliphatic heterocycles. The number of Topliss-reactive ketones (excluding diaryl/α,β-unsaturated/α-hetero) is 1. The normalized spacial score (nSPS) is 28.5. The molecule has 1 unspecified atom stereocenters. The predicted octanol–water partition coefficient (Wildman–Crippen LogP) is 4.48. The number of phenolic OH excluding ortho intramolecular Hbond substituents is 1. The molecule has 0 radical (unpaired) electrons. The van der Waals surface area contributed by atoms with Crippen LogP contribution < -0.4 is 20.7 Å². The van der Waals surface area contributed by atoms with E-state index in [-0.39, 0.29) is 42.4 Å². The van der Waals surface area contributed by atoms with Crippen molar-refractivity contribution < 1.29 is 29.8 Å². The number of aryl methyl sites for hydroxylation is 1. The average Bonchev–Trinajstić information content (AvgIpc) is 3.82. The average molecular weight is 680 g/mol. The van der Waals surface area contributed by atoms with Crippen LogP contribution in [0.2, 0.25) is 0 Å². The van der Waals surface area contributed by atoms with Gasteiger partial charge in [-0.25, -0.2) is 0 Å². The number of phenols is 1. The van der Waals surface area contributed by atoms with Gasteiger partial charge in [-0.3, -0.25) is 14.7 Å². The molecule has 2 aromatic rings. The highest BCUT2D eigenvalue weighted by atomic mass is 16.5. The summed E-state index contributed by atoms with van der Waals surface area (Å²) in [5, 5.41) is 34.5. The van der Waals surface area contributed by atoms with E-state index in [4.69, 9.17) is 15.5 Å². The second-order valence-electron chi connectivity index (χ2n) is 15.4. The first-order valence-corrected chi connectivity index (χ1v) is 18.8. The fraction of sp³-hybridized carbons (Fsp3) is 0.512. The maximum atomic E-state index is 12.6. The molecule has 3 aliphatic carbocycles. The van der Waals surface area contributed by atoms with Gasteiger partial charge in [-0.1, -0.05) is 44.0 Å². The number of carbonyl (C=O) groups excluding carboxylic acids is 1. The summed E-state index contributed by atoms with van der Waals surface area (Å²) in [6, 6.07) is 12.0. The zero-order valence-corrected chi connectivity index (χ0v) is 29.1. The van der Waals surface area contributed by atoms with Crippen molar-refractivity contribution in [3.05, 3.63) is 87.9 Å². The van der Waals surface area contributed by atoms with E-state index in [1.165, 1.54) is 64.8 Å². The van der Waals surface area contributed by atoms with Gasteiger partial charge in [-0.15, -0.1) is 0 Å². The van der Waals surface area contributed by atoms with Gasteiger partial charge in [0.2, 0.25) is 6.73 Å². The molecule has 1 fully saturated rings. The predicted molar refractivity (Wildman–Crippen MR) is 192 cm³/mol. The number of ketones is 1. The van der Waals surface area contributed by atoms with Crippen LogP contribution in [0.25, 0.3) is 5.57 Å². The van der Waals surface area contributed by atoms with Crippen LogP contribution in [0, 0.1) is 11.8 Å². The molecule has 6 aliphatic rings. The minimum absolute atomic E-state index is 0.0363. The molecule has 8 rings (SSSR count). The summed E-state index contributed by atoms with van der Waals surface area (Å²) in [5.41, 5.74) is 18.2. The Bertz CT molecular complexity index is 1810. The number of hydrogen-bond donors (Lipinski definition) is 6. The van der Waals surface area contributed by atoms with Crippen LogP contribution in [0.4, 0.5) is 0 Å². The second-order valence-corrected chi connectivity index (χ2v) is 15.4. The van der Waals surface area contributed by atoms with Crippen molar-refractivity contribution in [2.45, 2.75) is 108 Å². The molecule has 50 heavy (non-hydrogen) atoms. The Hall–Kier alpha value is -3.76. The Kier molecular flexibility index (Phi) is 8.96. The molecule has 264 valence electrons. The second kappa shape index (κ2) is 13.4. The minimum atomic E-state index is -0.833. The van der Waals surface area contributed by atoms with Gasteiger partial charge in [-0.2, -0.15) is 0 Å². The van der Waals surface area contributed by atoms with Crippen molar-refractivity contribution >= 4 is 17.1 Å². The number of nitrogens with zero attached hydrogens (tertiary/aromatic N) is 1. The summed E-state index contributed by atoms with van der Waals surface area (Å²) in [5.74, 6) is 1.49. The van der Waals surface area contributed by atoms with Crippen LogP contribution in [0.5, 0.6) is 11.5 Å². The van der Waals surface area contributed by atoms with Crippen LogP contribution in [-0.4, -0.2) is 52.3 Å². The number of carbonyl (C=O) groups is 1. The molecule has 2 aromatic carbocycles. The minimum Gasteiger partial charge on any atom is -0.504 e. The molecule has 3 heterocycles. The number of hydrogen-bond acceptors (Lipinski definition) is 8. The number of ether oxygens (including phenoxy) is 1. The Morgan fingerprint density at radius 3 is 2.92 bits per heavy atom. The Morgan fingerprint density at radius 2 is 2.06 bits per heavy atom. The fourth-order valence-corrected chi connectivity index (χ4v) is 10.2. The Morgan fingerprint density at radius 1 is 1.18 bits per heavy atom. The number of aliphatic hydroxyl groups is 2. The lowest BCUT2D eigenvalue weighted by molar-refractivity contribution is -0.851. The van der Waals surface area contributed by atoms with Gasteiger partial charge >= 0.3 is 0 Å². The number of nitrogens with two attached hydrogens (primary N) is 1. The van der Waals surface area contributed by atoms with Gasteiger partial charge < -0.3 is 31.1 Å². The van der Waals surface area contributed by atoms with Gasteiger partial charge in [-0.05, 0) is 109 Å². The molecule has 9 nitrogen and oxygen atoms in total. The van der Waals surface area contributed by atoms with Crippen molar-refractivity contribution in [1.82, 2.24) is 5.32 Å². The molecule has 7 atom stereocenters. The molecule has 0 amide bonds. The first-order chi connectivity index (χ1) is 24.3. The van der Waals surface area contributed by atoms with Crippen molar-refractivity contribution in [1.29, 1.82) is 0 Å². The lowest BCUT2D eigenvalue weighted by atomic mass is 9.52. The fourth-order valence-electron chi connectivity index (χ4n) is 10.2. The Labute approximate surface area is 294 Å². The number of nitrogens with one attached hydrogen (secondary N) is 2. The van der Waals surface area contributed by atoms with Crippen LogP contribution in [0.15, 0.2) is 70.6 Å². The lowest BCUT2D eigenvalue weighted by Crippen LogP contribution is -3.07. The highest BCUT2D eigenvalue weighted by molar-refractivity contribution is 6.09. The smallest absolute Gasteiger partial charge is 0.227 e. The van der Waals surface area contributed by atoms with Crippen molar-refractivity contribution in [3.8, 4) is 11.5 Å². The highest BCUT2D eigenvalue weighted by Crippen LogP contribution is 2.65. The van der Waals surface area contributed by atoms with Crippen LogP contribution in [0.1, 0.15) is 106 Å². The summed E-state index contributed by atoms with van der Waals surface area (Å²) in [6.45, 7) is 3.05. The number of rotatable bonds is 13. The summed E-state index contributed by atoms with van der Waals surface area (Å²) in [7, 11) is 0. The van der Waals surface area contributed by atoms with Crippen molar-refractivity contribution in [3.63, 3.8) is 0 Å². The largest absolute Gasteiger partial charge is 0.504 e. The summed E-state index contributed by atoms with van der Waals surface area (Å²) in [4.78, 5) is 18.7. The number of benzene rings is 2. The third-order valence-corrected chi connectivity index (χ3v) is 12.3. The summed E-state index contributed by atoms with van der Waals surface area (Å²) >= 11 is 0. The maximum absolute atomic E-state index is 12.6. The summed E-state index contributed by atoms with van der Waals surface area (Å²) in [6.07, 6.45) is 12.4. The Balaban J connectivity index is 0.972. The number of aliphatic imine (C=N–C) groups is 1. The van der Waals surface area contributed by atoms with E-state index in [1.54, 1.807) is 12.1 Å². The van der Waals surface area contributed by atoms with Gasteiger partial charge in [0, 0.05) is 30.2 Å². The zero-order chi connectivity index (χ0) is 34.6. The third kappa shape index (κ3) is 5.72. The van der Waals surface area contributed by atoms with Gasteiger partial charge in [0.15, 0.2) is 11.5 Å². The first kappa shape index (κ1) is 33.4.